The number of nitrogens with zero attached hydrogens (tertiary/aromatic N) is 1. The zero-order chi connectivity index (χ0) is 17.7. The van der Waals surface area contributed by atoms with Gasteiger partial charge in [0.2, 0.25) is 5.91 Å². The molecule has 0 radical (unpaired) electrons. The summed E-state index contributed by atoms with van der Waals surface area (Å²) in [5.74, 6) is 0.297. The Morgan fingerprint density at radius 3 is 2.67 bits per heavy atom. The Bertz CT molecular complexity index is 731. The molecule has 6 nitrogen and oxygen atoms in total. The first-order valence-electron chi connectivity index (χ1n) is 7.33. The molecule has 1 heterocycles. The molecule has 1 aromatic carbocycles. The summed E-state index contributed by atoms with van der Waals surface area (Å²) in [6.45, 7) is 5.99. The van der Waals surface area contributed by atoms with Crippen molar-refractivity contribution in [2.24, 2.45) is 4.99 Å². The maximum absolute atomic E-state index is 11.9. The van der Waals surface area contributed by atoms with E-state index >= 15 is 0 Å². The summed E-state index contributed by atoms with van der Waals surface area (Å²) < 4.78 is 11.1. The Morgan fingerprint density at radius 1 is 1.33 bits per heavy atom. The molecule has 0 saturated carbocycles. The molecule has 8 heteroatoms. The van der Waals surface area contributed by atoms with Gasteiger partial charge in [0.05, 0.1) is 23.1 Å². The number of amides is 2. The van der Waals surface area contributed by atoms with E-state index in [2.05, 4.69) is 10.3 Å². The highest BCUT2D eigenvalue weighted by molar-refractivity contribution is 8.18. The second kappa shape index (κ2) is 8.21. The minimum atomic E-state index is -0.410. The van der Waals surface area contributed by atoms with E-state index < -0.39 is 5.91 Å². The predicted octanol–water partition coefficient (Wildman–Crippen LogP) is 3.24. The van der Waals surface area contributed by atoms with Crippen LogP contribution in [0.15, 0.2) is 22.0 Å². The normalized spacial score (nSPS) is 15.4. The van der Waals surface area contributed by atoms with Crippen molar-refractivity contribution in [3.05, 3.63) is 27.6 Å². The van der Waals surface area contributed by atoms with Gasteiger partial charge in [0.1, 0.15) is 0 Å². The third-order valence-corrected chi connectivity index (χ3v) is 4.00. The second-order valence-electron chi connectivity index (χ2n) is 4.71. The van der Waals surface area contributed by atoms with E-state index in [1.54, 1.807) is 18.2 Å². The predicted molar refractivity (Wildman–Crippen MR) is 95.6 cm³/mol. The van der Waals surface area contributed by atoms with Crippen LogP contribution in [-0.2, 0) is 9.59 Å². The number of carbonyl (C=O) groups excluding carboxylic acids is 2. The fourth-order valence-corrected chi connectivity index (χ4v) is 3.12. The van der Waals surface area contributed by atoms with Gasteiger partial charge in [0.25, 0.3) is 5.91 Å². The van der Waals surface area contributed by atoms with Gasteiger partial charge in [-0.15, -0.1) is 0 Å². The lowest BCUT2D eigenvalue weighted by Crippen LogP contribution is -2.23. The third kappa shape index (κ3) is 4.52. The Balaban J connectivity index is 2.30. The Labute approximate surface area is 149 Å². The molecule has 24 heavy (non-hydrogen) atoms. The van der Waals surface area contributed by atoms with Crippen LogP contribution < -0.4 is 14.8 Å². The first-order valence-corrected chi connectivity index (χ1v) is 8.53. The number of halogens is 1. The first kappa shape index (κ1) is 18.4. The highest BCUT2D eigenvalue weighted by Gasteiger charge is 2.23. The minimum absolute atomic E-state index is 0.265. The van der Waals surface area contributed by atoms with Gasteiger partial charge < -0.3 is 14.8 Å². The summed E-state index contributed by atoms with van der Waals surface area (Å²) >= 11 is 7.35. The molecular formula is C16H17ClN2O4S. The Morgan fingerprint density at radius 2 is 2.04 bits per heavy atom. The van der Waals surface area contributed by atoms with Crippen molar-refractivity contribution in [1.29, 1.82) is 0 Å². The van der Waals surface area contributed by atoms with Crippen LogP contribution >= 0.6 is 23.4 Å². The zero-order valence-corrected chi connectivity index (χ0v) is 15.1. The molecule has 0 atom stereocenters. The van der Waals surface area contributed by atoms with Gasteiger partial charge in [-0.3, -0.25) is 9.59 Å². The van der Waals surface area contributed by atoms with Gasteiger partial charge in [-0.05, 0) is 49.4 Å². The second-order valence-corrected chi connectivity index (χ2v) is 6.15. The van der Waals surface area contributed by atoms with Crippen LogP contribution in [-0.4, -0.2) is 30.2 Å². The number of amidine groups is 1. The van der Waals surface area contributed by atoms with Gasteiger partial charge in [-0.2, -0.15) is 4.99 Å². The van der Waals surface area contributed by atoms with Crippen molar-refractivity contribution in [1.82, 2.24) is 5.32 Å². The van der Waals surface area contributed by atoms with Crippen LogP contribution in [0.25, 0.3) is 6.08 Å². The van der Waals surface area contributed by atoms with E-state index in [1.807, 2.05) is 13.8 Å². The Kier molecular flexibility index (Phi) is 6.28. The monoisotopic (exact) mass is 368 g/mol. The van der Waals surface area contributed by atoms with E-state index in [9.17, 15) is 9.59 Å². The van der Waals surface area contributed by atoms with Gasteiger partial charge in [0.15, 0.2) is 16.7 Å². The largest absolute Gasteiger partial charge is 0.490 e. The number of rotatable bonds is 5. The van der Waals surface area contributed by atoms with Crippen molar-refractivity contribution in [3.8, 4) is 11.5 Å². The number of nitrogens with one attached hydrogen (secondary N) is 1. The molecule has 0 spiro atoms. The molecule has 128 valence electrons. The molecule has 0 unspecified atom stereocenters. The van der Waals surface area contributed by atoms with Crippen molar-refractivity contribution >= 4 is 46.4 Å². The molecule has 1 aliphatic rings. The highest BCUT2D eigenvalue weighted by Crippen LogP contribution is 2.38. The molecule has 0 saturated heterocycles. The summed E-state index contributed by atoms with van der Waals surface area (Å²) in [5, 5.41) is 3.16. The van der Waals surface area contributed by atoms with Gasteiger partial charge >= 0.3 is 0 Å². The fraction of sp³-hybridized carbons (Fsp3) is 0.312. The average Bonchev–Trinajstić information content (AvgIpc) is 2.82. The van der Waals surface area contributed by atoms with Crippen molar-refractivity contribution < 1.29 is 19.1 Å². The van der Waals surface area contributed by atoms with E-state index in [-0.39, 0.29) is 11.1 Å². The molecule has 2 amide bonds. The molecule has 0 aromatic heterocycles. The number of benzene rings is 1. The maximum Gasteiger partial charge on any atom is 0.286 e. The van der Waals surface area contributed by atoms with E-state index in [4.69, 9.17) is 21.1 Å². The maximum atomic E-state index is 11.9. The average molecular weight is 369 g/mol. The molecule has 0 fully saturated rings. The Hall–Kier alpha value is -1.99. The number of hydrogen-bond acceptors (Lipinski definition) is 5. The molecule has 0 bridgehead atoms. The van der Waals surface area contributed by atoms with Crippen LogP contribution in [0, 0.1) is 0 Å². The number of hydrogen-bond donors (Lipinski definition) is 1. The van der Waals surface area contributed by atoms with E-state index in [0.29, 0.717) is 40.2 Å². The summed E-state index contributed by atoms with van der Waals surface area (Å²) in [6.07, 6.45) is 1.65. The van der Waals surface area contributed by atoms with E-state index in [0.717, 1.165) is 11.8 Å². The van der Waals surface area contributed by atoms with Crippen LogP contribution in [0.2, 0.25) is 5.02 Å². The van der Waals surface area contributed by atoms with Crippen LogP contribution in [0.4, 0.5) is 0 Å². The van der Waals surface area contributed by atoms with Crippen LogP contribution in [0.5, 0.6) is 11.5 Å². The standard InChI is InChI=1S/C16H17ClN2O4S/c1-4-22-12-7-10(6-11(17)14(12)23-5-2)8-13-15(21)19-16(24-13)18-9(3)20/h6-8H,4-5H2,1-3H3,(H,18,19,20,21)/b13-8-. The number of ether oxygens (including phenoxy) is 2. The van der Waals surface area contributed by atoms with E-state index in [1.165, 1.54) is 6.92 Å². The van der Waals surface area contributed by atoms with Crippen molar-refractivity contribution in [2.45, 2.75) is 20.8 Å². The number of carbonyl (C=O) groups is 2. The van der Waals surface area contributed by atoms with Crippen molar-refractivity contribution in [3.63, 3.8) is 0 Å². The topological polar surface area (TPSA) is 77.0 Å². The zero-order valence-electron chi connectivity index (χ0n) is 13.5. The lowest BCUT2D eigenvalue weighted by atomic mass is 10.2. The van der Waals surface area contributed by atoms with Crippen LogP contribution in [0.3, 0.4) is 0 Å². The summed E-state index contributed by atoms with van der Waals surface area (Å²) in [6, 6.07) is 3.43. The summed E-state index contributed by atoms with van der Waals surface area (Å²) in [7, 11) is 0. The first-order chi connectivity index (χ1) is 11.4. The summed E-state index contributed by atoms with van der Waals surface area (Å²) in [4.78, 5) is 27.1. The van der Waals surface area contributed by atoms with Gasteiger partial charge in [-0.25, -0.2) is 0 Å². The third-order valence-electron chi connectivity index (χ3n) is 2.82. The minimum Gasteiger partial charge on any atom is -0.490 e. The van der Waals surface area contributed by atoms with Crippen molar-refractivity contribution in [2.75, 3.05) is 13.2 Å². The number of aliphatic imine (C=N–C) groups is 1. The molecular weight excluding hydrogens is 352 g/mol. The molecule has 1 aromatic rings. The highest BCUT2D eigenvalue weighted by atomic mass is 35.5. The summed E-state index contributed by atoms with van der Waals surface area (Å²) in [5.41, 5.74) is 0.682. The molecule has 2 rings (SSSR count). The lowest BCUT2D eigenvalue weighted by Gasteiger charge is -2.13. The van der Waals surface area contributed by atoms with Gasteiger partial charge in [-0.1, -0.05) is 11.6 Å². The van der Waals surface area contributed by atoms with Crippen LogP contribution in [0.1, 0.15) is 26.3 Å². The lowest BCUT2D eigenvalue weighted by molar-refractivity contribution is -0.117. The quantitative estimate of drug-likeness (QED) is 0.807. The molecule has 1 aliphatic heterocycles. The smallest absolute Gasteiger partial charge is 0.286 e. The SMILES string of the molecule is CCOc1cc(/C=C2\SC(NC(C)=O)=NC2=O)cc(Cl)c1OCC. The molecule has 0 aliphatic carbocycles. The fourth-order valence-electron chi connectivity index (χ4n) is 1.98. The molecule has 1 N–H and O–H groups in total. The van der Waals surface area contributed by atoms with Gasteiger partial charge in [0, 0.05) is 6.92 Å². The number of thioether (sulfide) groups is 1.